The normalized spacial score (nSPS) is 13.7. The van der Waals surface area contributed by atoms with Crippen LogP contribution in [0.5, 0.6) is 0 Å². The topological polar surface area (TPSA) is 117 Å². The number of hydrogen-bond acceptors (Lipinski definition) is 6. The second kappa shape index (κ2) is 12.4. The maximum atomic E-state index is 13.7. The Balaban J connectivity index is 2.60. The van der Waals surface area contributed by atoms with Gasteiger partial charge in [0.2, 0.25) is 0 Å². The van der Waals surface area contributed by atoms with Crippen molar-refractivity contribution in [1.82, 2.24) is 4.90 Å². The fraction of sp³-hybridized carbons (Fsp3) is 0.448. The molecule has 0 bridgehead atoms. The Bertz CT molecular complexity index is 1120. The van der Waals surface area contributed by atoms with E-state index in [1.54, 1.807) is 57.2 Å². The van der Waals surface area contributed by atoms with Gasteiger partial charge in [-0.2, -0.15) is 5.26 Å². The maximum absolute atomic E-state index is 13.7. The molecule has 0 heterocycles. The predicted octanol–water partition coefficient (Wildman–Crippen LogP) is 5.20. The van der Waals surface area contributed by atoms with Crippen LogP contribution >= 0.6 is 0 Å². The van der Waals surface area contributed by atoms with Gasteiger partial charge >= 0.3 is 18.0 Å². The molecular formula is C29H36N2O6. The number of carboxylic acids is 1. The Kier molecular flexibility index (Phi) is 9.84. The molecule has 0 radical (unpaired) electrons. The third-order valence-electron chi connectivity index (χ3n) is 5.96. The minimum atomic E-state index is -1.96. The summed E-state index contributed by atoms with van der Waals surface area (Å²) in [5.41, 5.74) is -1.02. The number of amides is 1. The lowest BCUT2D eigenvalue weighted by atomic mass is 9.73. The Morgan fingerprint density at radius 2 is 1.59 bits per heavy atom. The Morgan fingerprint density at radius 3 is 2.08 bits per heavy atom. The van der Waals surface area contributed by atoms with E-state index in [0.29, 0.717) is 11.1 Å². The first-order chi connectivity index (χ1) is 17.3. The molecule has 198 valence electrons. The second-order valence-electron chi connectivity index (χ2n) is 10.5. The zero-order valence-electron chi connectivity index (χ0n) is 22.4. The van der Waals surface area contributed by atoms with Crippen LogP contribution in [0, 0.1) is 23.2 Å². The first kappa shape index (κ1) is 29.4. The van der Waals surface area contributed by atoms with E-state index in [1.807, 2.05) is 38.1 Å². The van der Waals surface area contributed by atoms with E-state index in [2.05, 4.69) is 0 Å². The number of ether oxygens (including phenoxy) is 2. The van der Waals surface area contributed by atoms with Gasteiger partial charge in [0.15, 0.2) is 5.54 Å². The average Bonchev–Trinajstić information content (AvgIpc) is 2.83. The number of carbonyl (C=O) groups is 3. The third-order valence-corrected chi connectivity index (χ3v) is 5.96. The van der Waals surface area contributed by atoms with Crippen molar-refractivity contribution in [2.24, 2.45) is 11.8 Å². The molecule has 2 aromatic rings. The van der Waals surface area contributed by atoms with E-state index < -0.39 is 35.1 Å². The van der Waals surface area contributed by atoms with Crippen LogP contribution in [-0.2, 0) is 32.1 Å². The van der Waals surface area contributed by atoms with Crippen LogP contribution in [0.25, 0.3) is 0 Å². The van der Waals surface area contributed by atoms with Crippen molar-refractivity contribution >= 4 is 18.0 Å². The van der Waals surface area contributed by atoms with E-state index in [0.717, 1.165) is 10.5 Å². The average molecular weight is 509 g/mol. The van der Waals surface area contributed by atoms with Gasteiger partial charge in [0.1, 0.15) is 12.2 Å². The SMILES string of the molecule is CC(C)C[C@@](C(=O)O)([C@@H](Cc1ccc(C#N)cc1)C(=O)OCc1ccccc1)N(C)C(=O)OC(C)(C)C. The molecule has 0 saturated carbocycles. The van der Waals surface area contributed by atoms with Gasteiger partial charge in [-0.1, -0.05) is 56.3 Å². The highest BCUT2D eigenvalue weighted by Gasteiger charge is 2.56. The van der Waals surface area contributed by atoms with Crippen LogP contribution in [0.1, 0.15) is 57.7 Å². The maximum Gasteiger partial charge on any atom is 0.411 e. The molecule has 2 rings (SSSR count). The van der Waals surface area contributed by atoms with Crippen molar-refractivity contribution in [1.29, 1.82) is 5.26 Å². The van der Waals surface area contributed by atoms with Crippen LogP contribution in [0.3, 0.4) is 0 Å². The zero-order chi connectivity index (χ0) is 27.8. The van der Waals surface area contributed by atoms with E-state index in [1.165, 1.54) is 7.05 Å². The standard InChI is InChI=1S/C29H36N2O6/c1-20(2)17-29(26(33)34,31(6)27(35)37-28(3,4)5)24(16-21-12-14-22(18-30)15-13-21)25(32)36-19-23-10-8-7-9-11-23/h7-15,20,24H,16-17,19H2,1-6H3,(H,33,34)/t24-,29-/m0/s1. The quantitative estimate of drug-likeness (QED) is 0.439. The summed E-state index contributed by atoms with van der Waals surface area (Å²) in [6, 6.07) is 17.7. The summed E-state index contributed by atoms with van der Waals surface area (Å²) < 4.78 is 11.2. The van der Waals surface area contributed by atoms with Gasteiger partial charge in [0, 0.05) is 7.05 Å². The van der Waals surface area contributed by atoms with Gasteiger partial charge in [-0.3, -0.25) is 9.69 Å². The van der Waals surface area contributed by atoms with Crippen molar-refractivity contribution < 1.29 is 29.0 Å². The predicted molar refractivity (Wildman–Crippen MR) is 138 cm³/mol. The van der Waals surface area contributed by atoms with Gasteiger partial charge in [0.05, 0.1) is 17.6 Å². The smallest absolute Gasteiger partial charge is 0.411 e. The Labute approximate surface area is 218 Å². The Hall–Kier alpha value is -3.86. The number of rotatable bonds is 10. The molecule has 1 N–H and O–H groups in total. The summed E-state index contributed by atoms with van der Waals surface area (Å²) in [5.74, 6) is -3.52. The van der Waals surface area contributed by atoms with Crippen molar-refractivity contribution in [2.75, 3.05) is 7.05 Å². The van der Waals surface area contributed by atoms with Crippen molar-refractivity contribution in [3.8, 4) is 6.07 Å². The summed E-state index contributed by atoms with van der Waals surface area (Å²) in [7, 11) is 1.35. The van der Waals surface area contributed by atoms with Crippen molar-refractivity contribution in [2.45, 2.75) is 65.2 Å². The number of aliphatic carboxylic acids is 1. The lowest BCUT2D eigenvalue weighted by Crippen LogP contribution is -2.63. The first-order valence-corrected chi connectivity index (χ1v) is 12.2. The summed E-state index contributed by atoms with van der Waals surface area (Å²) in [6.07, 6.45) is -0.887. The van der Waals surface area contributed by atoms with Crippen LogP contribution in [0.2, 0.25) is 0 Å². The highest BCUT2D eigenvalue weighted by molar-refractivity contribution is 5.91. The van der Waals surface area contributed by atoms with Gasteiger partial charge in [-0.25, -0.2) is 9.59 Å². The molecule has 0 aliphatic carbocycles. The lowest BCUT2D eigenvalue weighted by Gasteiger charge is -2.44. The molecule has 8 nitrogen and oxygen atoms in total. The van der Waals surface area contributed by atoms with E-state index >= 15 is 0 Å². The van der Waals surface area contributed by atoms with Crippen LogP contribution in [-0.4, -0.2) is 46.2 Å². The molecule has 2 aromatic carbocycles. The third kappa shape index (κ3) is 7.81. The van der Waals surface area contributed by atoms with Crippen LogP contribution < -0.4 is 0 Å². The molecular weight excluding hydrogens is 472 g/mol. The molecule has 0 saturated heterocycles. The first-order valence-electron chi connectivity index (χ1n) is 12.2. The number of hydrogen-bond donors (Lipinski definition) is 1. The minimum absolute atomic E-state index is 0.0144. The number of carbonyl (C=O) groups excluding carboxylic acids is 2. The molecule has 0 aromatic heterocycles. The fourth-order valence-corrected chi connectivity index (χ4v) is 4.24. The number of nitrogens with zero attached hydrogens (tertiary/aromatic N) is 2. The van der Waals surface area contributed by atoms with E-state index in [4.69, 9.17) is 14.7 Å². The van der Waals surface area contributed by atoms with Crippen LogP contribution in [0.15, 0.2) is 54.6 Å². The molecule has 0 aliphatic rings. The zero-order valence-corrected chi connectivity index (χ0v) is 22.4. The van der Waals surface area contributed by atoms with E-state index in [9.17, 15) is 19.5 Å². The van der Waals surface area contributed by atoms with Gasteiger partial charge in [0.25, 0.3) is 0 Å². The van der Waals surface area contributed by atoms with E-state index in [-0.39, 0.29) is 25.4 Å². The van der Waals surface area contributed by atoms with Gasteiger partial charge in [-0.15, -0.1) is 0 Å². The molecule has 8 heteroatoms. The molecule has 0 fully saturated rings. The van der Waals surface area contributed by atoms with Crippen LogP contribution in [0.4, 0.5) is 4.79 Å². The number of carboxylic acid groups (broad SMARTS) is 1. The molecule has 2 atom stereocenters. The summed E-state index contributed by atoms with van der Waals surface area (Å²) >= 11 is 0. The highest BCUT2D eigenvalue weighted by Crippen LogP contribution is 2.36. The molecule has 0 spiro atoms. The molecule has 1 amide bonds. The lowest BCUT2D eigenvalue weighted by molar-refractivity contribution is -0.169. The highest BCUT2D eigenvalue weighted by atomic mass is 16.6. The summed E-state index contributed by atoms with van der Waals surface area (Å²) in [4.78, 5) is 41.0. The summed E-state index contributed by atoms with van der Waals surface area (Å²) in [6.45, 7) is 8.67. The van der Waals surface area contributed by atoms with Gasteiger partial charge in [-0.05, 0) is 62.8 Å². The number of nitriles is 1. The molecule has 0 unspecified atom stereocenters. The number of likely N-dealkylation sites (N-methyl/N-ethyl adjacent to an activating group) is 1. The Morgan fingerprint density at radius 1 is 1.00 bits per heavy atom. The molecule has 0 aliphatic heterocycles. The monoisotopic (exact) mass is 508 g/mol. The number of esters is 1. The number of benzene rings is 2. The largest absolute Gasteiger partial charge is 0.479 e. The summed E-state index contributed by atoms with van der Waals surface area (Å²) in [5, 5.41) is 19.8. The minimum Gasteiger partial charge on any atom is -0.479 e. The van der Waals surface area contributed by atoms with Crippen molar-refractivity contribution in [3.63, 3.8) is 0 Å². The second-order valence-corrected chi connectivity index (χ2v) is 10.5. The molecule has 37 heavy (non-hydrogen) atoms. The fourth-order valence-electron chi connectivity index (χ4n) is 4.24. The van der Waals surface area contributed by atoms with Crippen molar-refractivity contribution in [3.05, 3.63) is 71.3 Å². The van der Waals surface area contributed by atoms with Gasteiger partial charge < -0.3 is 14.6 Å².